The van der Waals surface area contributed by atoms with Crippen molar-refractivity contribution in [3.8, 4) is 0 Å². The highest BCUT2D eigenvalue weighted by atomic mass is 79.9. The predicted octanol–water partition coefficient (Wildman–Crippen LogP) is 3.29. The smallest absolute Gasteiger partial charge is 0.191 e. The number of nitrogens with two attached hydrogens (primary N) is 1. The standard InChI is InChI=1S/C11H11BrN4S/c1-17-11-15-9(13)6-10(16-11)14-8-5-3-2-4-7(8)12/h2-6H,1H3,(H3,13,14,15,16). The van der Waals surface area contributed by atoms with Crippen LogP contribution in [0.4, 0.5) is 17.3 Å². The van der Waals surface area contributed by atoms with E-state index in [1.54, 1.807) is 6.07 Å². The third-order valence-corrected chi connectivity index (χ3v) is 3.28. The van der Waals surface area contributed by atoms with Crippen molar-refractivity contribution in [2.45, 2.75) is 5.16 Å². The lowest BCUT2D eigenvalue weighted by Gasteiger charge is -2.08. The van der Waals surface area contributed by atoms with Crippen molar-refractivity contribution in [1.29, 1.82) is 0 Å². The van der Waals surface area contributed by atoms with Gasteiger partial charge in [0.25, 0.3) is 0 Å². The number of nitrogens with one attached hydrogen (secondary N) is 1. The Hall–Kier alpha value is -1.27. The van der Waals surface area contributed by atoms with Gasteiger partial charge in [-0.15, -0.1) is 0 Å². The van der Waals surface area contributed by atoms with Gasteiger partial charge < -0.3 is 11.1 Å². The predicted molar refractivity (Wildman–Crippen MR) is 75.7 cm³/mol. The van der Waals surface area contributed by atoms with Gasteiger partial charge in [-0.2, -0.15) is 0 Å². The lowest BCUT2D eigenvalue weighted by molar-refractivity contribution is 0.984. The van der Waals surface area contributed by atoms with Crippen molar-refractivity contribution in [1.82, 2.24) is 9.97 Å². The molecule has 0 saturated heterocycles. The molecule has 0 spiro atoms. The van der Waals surface area contributed by atoms with E-state index in [2.05, 4.69) is 31.2 Å². The molecule has 0 bridgehead atoms. The van der Waals surface area contributed by atoms with Gasteiger partial charge in [-0.25, -0.2) is 9.97 Å². The Balaban J connectivity index is 2.30. The number of rotatable bonds is 3. The van der Waals surface area contributed by atoms with E-state index in [0.29, 0.717) is 16.8 Å². The van der Waals surface area contributed by atoms with Gasteiger partial charge >= 0.3 is 0 Å². The number of hydrogen-bond acceptors (Lipinski definition) is 5. The van der Waals surface area contributed by atoms with E-state index in [0.717, 1.165) is 10.2 Å². The van der Waals surface area contributed by atoms with Crippen molar-refractivity contribution < 1.29 is 0 Å². The first-order chi connectivity index (χ1) is 8.19. The quantitative estimate of drug-likeness (QED) is 0.673. The van der Waals surface area contributed by atoms with Crippen LogP contribution in [0.2, 0.25) is 0 Å². The summed E-state index contributed by atoms with van der Waals surface area (Å²) in [6.45, 7) is 0. The summed E-state index contributed by atoms with van der Waals surface area (Å²) < 4.78 is 0.975. The molecule has 0 aliphatic heterocycles. The molecule has 2 aromatic rings. The largest absolute Gasteiger partial charge is 0.383 e. The molecule has 1 aromatic heterocycles. The summed E-state index contributed by atoms with van der Waals surface area (Å²) in [5.74, 6) is 1.15. The first kappa shape index (κ1) is 12.2. The molecule has 0 amide bonds. The summed E-state index contributed by atoms with van der Waals surface area (Å²) >= 11 is 4.92. The molecule has 0 saturated carbocycles. The molecular formula is C11H11BrN4S. The summed E-state index contributed by atoms with van der Waals surface area (Å²) in [5.41, 5.74) is 6.65. The first-order valence-electron chi connectivity index (χ1n) is 4.89. The van der Waals surface area contributed by atoms with E-state index in [9.17, 15) is 0 Å². The highest BCUT2D eigenvalue weighted by molar-refractivity contribution is 9.10. The number of benzene rings is 1. The zero-order valence-electron chi connectivity index (χ0n) is 9.14. The molecule has 1 aromatic carbocycles. The van der Waals surface area contributed by atoms with E-state index >= 15 is 0 Å². The summed E-state index contributed by atoms with van der Waals surface area (Å²) in [6, 6.07) is 9.53. The zero-order valence-corrected chi connectivity index (χ0v) is 11.5. The van der Waals surface area contributed by atoms with Crippen LogP contribution in [-0.4, -0.2) is 16.2 Å². The Morgan fingerprint density at radius 3 is 2.76 bits per heavy atom. The minimum atomic E-state index is 0.457. The van der Waals surface area contributed by atoms with Gasteiger partial charge in [0.1, 0.15) is 11.6 Å². The Morgan fingerprint density at radius 1 is 1.29 bits per heavy atom. The van der Waals surface area contributed by atoms with Crippen LogP contribution in [0.3, 0.4) is 0 Å². The Morgan fingerprint density at radius 2 is 2.06 bits per heavy atom. The maximum absolute atomic E-state index is 5.71. The topological polar surface area (TPSA) is 63.8 Å². The molecule has 88 valence electrons. The van der Waals surface area contributed by atoms with Crippen molar-refractivity contribution in [3.05, 3.63) is 34.8 Å². The molecule has 0 unspecified atom stereocenters. The fourth-order valence-corrected chi connectivity index (χ4v) is 2.07. The number of hydrogen-bond donors (Lipinski definition) is 2. The number of halogens is 1. The highest BCUT2D eigenvalue weighted by Gasteiger charge is 2.04. The molecular weight excluding hydrogens is 300 g/mol. The van der Waals surface area contributed by atoms with Gasteiger partial charge in [0.2, 0.25) is 0 Å². The number of aromatic nitrogens is 2. The molecule has 0 atom stereocenters. The van der Waals surface area contributed by atoms with Crippen LogP contribution < -0.4 is 11.1 Å². The second-order valence-corrected chi connectivity index (χ2v) is 4.90. The Labute approximate surface area is 112 Å². The van der Waals surface area contributed by atoms with Gasteiger partial charge in [0.15, 0.2) is 5.16 Å². The second-order valence-electron chi connectivity index (χ2n) is 3.27. The first-order valence-corrected chi connectivity index (χ1v) is 6.91. The van der Waals surface area contributed by atoms with E-state index in [4.69, 9.17) is 5.73 Å². The van der Waals surface area contributed by atoms with Crippen molar-refractivity contribution in [2.75, 3.05) is 17.3 Å². The van der Waals surface area contributed by atoms with Crippen LogP contribution in [0, 0.1) is 0 Å². The number of para-hydroxylation sites is 1. The van der Waals surface area contributed by atoms with Gasteiger partial charge in [0, 0.05) is 10.5 Å². The van der Waals surface area contributed by atoms with Crippen molar-refractivity contribution in [3.63, 3.8) is 0 Å². The maximum Gasteiger partial charge on any atom is 0.191 e. The van der Waals surface area contributed by atoms with Gasteiger partial charge in [-0.3, -0.25) is 0 Å². The summed E-state index contributed by atoms with van der Waals surface area (Å²) in [5, 5.41) is 3.85. The average Bonchev–Trinajstić information content (AvgIpc) is 2.31. The lowest BCUT2D eigenvalue weighted by Crippen LogP contribution is -2.00. The average molecular weight is 311 g/mol. The molecule has 17 heavy (non-hydrogen) atoms. The number of anilines is 3. The summed E-state index contributed by atoms with van der Waals surface area (Å²) in [7, 11) is 0. The molecule has 0 radical (unpaired) electrons. The zero-order chi connectivity index (χ0) is 12.3. The van der Waals surface area contributed by atoms with Crippen LogP contribution in [0.5, 0.6) is 0 Å². The molecule has 3 N–H and O–H groups in total. The number of nitrogens with zero attached hydrogens (tertiary/aromatic N) is 2. The van der Waals surface area contributed by atoms with E-state index < -0.39 is 0 Å². The number of thioether (sulfide) groups is 1. The molecule has 0 aliphatic rings. The van der Waals surface area contributed by atoms with E-state index in [-0.39, 0.29) is 0 Å². The minimum absolute atomic E-state index is 0.457. The molecule has 6 heteroatoms. The van der Waals surface area contributed by atoms with Gasteiger partial charge in [-0.05, 0) is 34.3 Å². The molecule has 4 nitrogen and oxygen atoms in total. The maximum atomic E-state index is 5.71. The van der Waals surface area contributed by atoms with Crippen LogP contribution in [0.1, 0.15) is 0 Å². The SMILES string of the molecule is CSc1nc(N)cc(Nc2ccccc2Br)n1. The van der Waals surface area contributed by atoms with Crippen LogP contribution >= 0.6 is 27.7 Å². The van der Waals surface area contributed by atoms with Crippen LogP contribution in [0.15, 0.2) is 40.0 Å². The third kappa shape index (κ3) is 3.10. The molecule has 0 fully saturated rings. The molecule has 2 rings (SSSR count). The van der Waals surface area contributed by atoms with Crippen molar-refractivity contribution in [2.24, 2.45) is 0 Å². The third-order valence-electron chi connectivity index (χ3n) is 2.04. The fraction of sp³-hybridized carbons (Fsp3) is 0.0909. The minimum Gasteiger partial charge on any atom is -0.383 e. The van der Waals surface area contributed by atoms with Gasteiger partial charge in [0.05, 0.1) is 5.69 Å². The second kappa shape index (κ2) is 5.37. The lowest BCUT2D eigenvalue weighted by atomic mass is 10.3. The molecule has 0 aliphatic carbocycles. The number of nitrogen functional groups attached to an aromatic ring is 1. The fourth-order valence-electron chi connectivity index (χ4n) is 1.30. The van der Waals surface area contributed by atoms with E-state index in [1.807, 2.05) is 30.5 Å². The normalized spacial score (nSPS) is 10.2. The summed E-state index contributed by atoms with van der Waals surface area (Å²) in [6.07, 6.45) is 1.91. The van der Waals surface area contributed by atoms with Crippen molar-refractivity contribution >= 4 is 45.0 Å². The highest BCUT2D eigenvalue weighted by Crippen LogP contribution is 2.25. The van der Waals surface area contributed by atoms with E-state index in [1.165, 1.54) is 11.8 Å². The Kier molecular flexibility index (Phi) is 3.86. The van der Waals surface area contributed by atoms with Crippen LogP contribution in [0.25, 0.3) is 0 Å². The van der Waals surface area contributed by atoms with Crippen LogP contribution in [-0.2, 0) is 0 Å². The van der Waals surface area contributed by atoms with Gasteiger partial charge in [-0.1, -0.05) is 23.9 Å². The Bertz CT molecular complexity index is 533. The molecule has 1 heterocycles. The summed E-state index contributed by atoms with van der Waals surface area (Å²) in [4.78, 5) is 8.42. The monoisotopic (exact) mass is 310 g/mol.